The minimum atomic E-state index is -0.281. The lowest BCUT2D eigenvalue weighted by Crippen LogP contribution is -2.27. The van der Waals surface area contributed by atoms with Crippen molar-refractivity contribution in [3.63, 3.8) is 0 Å². The van der Waals surface area contributed by atoms with Crippen molar-refractivity contribution in [2.75, 3.05) is 12.4 Å². The van der Waals surface area contributed by atoms with E-state index in [1.165, 1.54) is 0 Å². The fourth-order valence-electron chi connectivity index (χ4n) is 3.40. The Morgan fingerprint density at radius 2 is 2.12 bits per heavy atom. The van der Waals surface area contributed by atoms with E-state index >= 15 is 0 Å². The number of aliphatic hydroxyl groups is 1. The molecule has 136 valence electrons. The van der Waals surface area contributed by atoms with Crippen molar-refractivity contribution in [3.8, 4) is 5.88 Å². The molecule has 0 aromatic carbocycles. The highest BCUT2D eigenvalue weighted by Crippen LogP contribution is 2.30. The molecule has 0 aliphatic heterocycles. The van der Waals surface area contributed by atoms with Crippen LogP contribution in [0.2, 0.25) is 0 Å². The van der Waals surface area contributed by atoms with E-state index in [0.29, 0.717) is 41.5 Å². The number of hydrogen-bond acceptors (Lipinski definition) is 7. The molecule has 4 rings (SSSR count). The molecule has 26 heavy (non-hydrogen) atoms. The number of methoxy groups -OCH3 is 1. The van der Waals surface area contributed by atoms with E-state index in [1.54, 1.807) is 30.1 Å². The second kappa shape index (κ2) is 6.75. The van der Waals surface area contributed by atoms with Gasteiger partial charge in [0, 0.05) is 12.2 Å². The fraction of sp³-hybridized carbons (Fsp3) is 0.412. The number of nitrogens with zero attached hydrogens (tertiary/aromatic N) is 4. The number of aromatic nitrogens is 5. The molecule has 9 heteroatoms. The number of nitrogens with one attached hydrogen (secondary N) is 2. The van der Waals surface area contributed by atoms with Crippen LogP contribution in [0, 0.1) is 0 Å². The third-order valence-corrected chi connectivity index (χ3v) is 4.70. The van der Waals surface area contributed by atoms with Crippen LogP contribution in [0.1, 0.15) is 31.7 Å². The highest BCUT2D eigenvalue weighted by Gasteiger charge is 2.24. The van der Waals surface area contributed by atoms with E-state index < -0.39 is 0 Å². The number of aliphatic hydroxyl groups excluding tert-OH is 1. The van der Waals surface area contributed by atoms with Crippen molar-refractivity contribution >= 4 is 22.8 Å². The standard InChI is InChI=1S/C17H20N6O3/c1-26-15-12(3-2-8-18-15)20-16-19-9-13-14(22-16)23(17(25)21-13)10-4-6-11(24)7-5-10/h2-3,8-11,24H,4-7H2,1H3,(H,21,25)(H,19,20,22). The van der Waals surface area contributed by atoms with Crippen LogP contribution < -0.4 is 15.7 Å². The molecular formula is C17H20N6O3. The van der Waals surface area contributed by atoms with Gasteiger partial charge in [-0.1, -0.05) is 0 Å². The summed E-state index contributed by atoms with van der Waals surface area (Å²) in [5.74, 6) is 0.788. The number of H-pyrrole nitrogens is 1. The average Bonchev–Trinajstić information content (AvgIpc) is 2.98. The smallest absolute Gasteiger partial charge is 0.327 e. The summed E-state index contributed by atoms with van der Waals surface area (Å²) in [6, 6.07) is 3.62. The lowest BCUT2D eigenvalue weighted by molar-refractivity contribution is 0.111. The van der Waals surface area contributed by atoms with E-state index in [4.69, 9.17) is 4.74 Å². The predicted octanol–water partition coefficient (Wildman–Crippen LogP) is 1.74. The maximum Gasteiger partial charge on any atom is 0.327 e. The van der Waals surface area contributed by atoms with Crippen LogP contribution in [0.15, 0.2) is 29.3 Å². The second-order valence-corrected chi connectivity index (χ2v) is 6.38. The van der Waals surface area contributed by atoms with Gasteiger partial charge in [-0.3, -0.25) is 4.57 Å². The monoisotopic (exact) mass is 356 g/mol. The number of fused-ring (bicyclic) bond motifs is 1. The van der Waals surface area contributed by atoms with Crippen molar-refractivity contribution < 1.29 is 9.84 Å². The van der Waals surface area contributed by atoms with Crippen LogP contribution in [0.4, 0.5) is 11.6 Å². The van der Waals surface area contributed by atoms with E-state index in [9.17, 15) is 9.90 Å². The van der Waals surface area contributed by atoms with Crippen LogP contribution in [0.25, 0.3) is 11.2 Å². The normalized spacial score (nSPS) is 20.2. The van der Waals surface area contributed by atoms with Crippen LogP contribution in [0.3, 0.4) is 0 Å². The molecule has 0 unspecified atom stereocenters. The van der Waals surface area contributed by atoms with Gasteiger partial charge >= 0.3 is 5.69 Å². The number of ether oxygens (including phenoxy) is 1. The summed E-state index contributed by atoms with van der Waals surface area (Å²) >= 11 is 0. The number of pyridine rings is 1. The Morgan fingerprint density at radius 3 is 2.88 bits per heavy atom. The summed E-state index contributed by atoms with van der Waals surface area (Å²) < 4.78 is 6.90. The highest BCUT2D eigenvalue weighted by molar-refractivity contribution is 5.72. The Morgan fingerprint density at radius 1 is 1.31 bits per heavy atom. The zero-order valence-electron chi connectivity index (χ0n) is 14.3. The summed E-state index contributed by atoms with van der Waals surface area (Å²) in [6.45, 7) is 0. The molecular weight excluding hydrogens is 336 g/mol. The Kier molecular flexibility index (Phi) is 4.29. The zero-order valence-corrected chi connectivity index (χ0v) is 14.3. The van der Waals surface area contributed by atoms with Crippen LogP contribution in [-0.4, -0.2) is 42.8 Å². The summed E-state index contributed by atoms with van der Waals surface area (Å²) in [6.07, 6.45) is 5.81. The second-order valence-electron chi connectivity index (χ2n) is 6.38. The molecule has 0 saturated heterocycles. The van der Waals surface area contributed by atoms with Crippen LogP contribution in [-0.2, 0) is 0 Å². The third kappa shape index (κ3) is 3.01. The molecule has 0 amide bonds. The number of aromatic amines is 1. The molecule has 1 fully saturated rings. The molecule has 0 radical (unpaired) electrons. The van der Waals surface area contributed by atoms with Gasteiger partial charge in [0.1, 0.15) is 11.2 Å². The first kappa shape index (κ1) is 16.5. The van der Waals surface area contributed by atoms with Gasteiger partial charge in [-0.25, -0.2) is 14.8 Å². The number of anilines is 2. The number of hydrogen-bond donors (Lipinski definition) is 3. The predicted molar refractivity (Wildman–Crippen MR) is 95.7 cm³/mol. The van der Waals surface area contributed by atoms with Crippen molar-refractivity contribution in [1.82, 2.24) is 24.5 Å². The lowest BCUT2D eigenvalue weighted by Gasteiger charge is -2.26. The molecule has 3 aromatic heterocycles. The Balaban J connectivity index is 1.70. The van der Waals surface area contributed by atoms with Gasteiger partial charge in [-0.05, 0) is 37.8 Å². The molecule has 0 atom stereocenters. The summed E-state index contributed by atoms with van der Waals surface area (Å²) in [5, 5.41) is 12.8. The first-order valence-electron chi connectivity index (χ1n) is 8.57. The minimum Gasteiger partial charge on any atom is -0.480 e. The number of imidazole rings is 1. The Bertz CT molecular complexity index is 974. The largest absolute Gasteiger partial charge is 0.480 e. The molecule has 1 saturated carbocycles. The Labute approximate surface area is 149 Å². The van der Waals surface area contributed by atoms with E-state index in [2.05, 4.69) is 25.3 Å². The highest BCUT2D eigenvalue weighted by atomic mass is 16.5. The third-order valence-electron chi connectivity index (χ3n) is 4.70. The molecule has 0 spiro atoms. The summed E-state index contributed by atoms with van der Waals surface area (Å²) in [5.41, 5.74) is 1.58. The van der Waals surface area contributed by atoms with Gasteiger partial charge in [0.2, 0.25) is 11.8 Å². The van der Waals surface area contributed by atoms with Crippen molar-refractivity contribution in [2.45, 2.75) is 37.8 Å². The van der Waals surface area contributed by atoms with Crippen LogP contribution in [0.5, 0.6) is 5.88 Å². The fourth-order valence-corrected chi connectivity index (χ4v) is 3.40. The lowest BCUT2D eigenvalue weighted by atomic mass is 9.93. The first-order valence-corrected chi connectivity index (χ1v) is 8.57. The van der Waals surface area contributed by atoms with Gasteiger partial charge in [0.05, 0.1) is 19.4 Å². The quantitative estimate of drug-likeness (QED) is 0.651. The summed E-state index contributed by atoms with van der Waals surface area (Å²) in [7, 11) is 1.54. The molecule has 3 N–H and O–H groups in total. The van der Waals surface area contributed by atoms with Crippen molar-refractivity contribution in [1.29, 1.82) is 0 Å². The topological polar surface area (TPSA) is 118 Å². The van der Waals surface area contributed by atoms with Gasteiger partial charge < -0.3 is 20.1 Å². The minimum absolute atomic E-state index is 0.0235. The SMILES string of the molecule is COc1ncccc1Nc1ncc2[nH]c(=O)n(C3CCC(O)CC3)c2n1. The molecule has 3 heterocycles. The number of rotatable bonds is 4. The van der Waals surface area contributed by atoms with Gasteiger partial charge in [-0.15, -0.1) is 0 Å². The Hall–Kier alpha value is -2.94. The van der Waals surface area contributed by atoms with Gasteiger partial charge in [-0.2, -0.15) is 4.98 Å². The molecule has 3 aromatic rings. The maximum absolute atomic E-state index is 12.4. The maximum atomic E-state index is 12.4. The molecule has 9 nitrogen and oxygen atoms in total. The van der Waals surface area contributed by atoms with Gasteiger partial charge in [0.15, 0.2) is 5.65 Å². The van der Waals surface area contributed by atoms with E-state index in [1.807, 2.05) is 6.07 Å². The summed E-state index contributed by atoms with van der Waals surface area (Å²) in [4.78, 5) is 28.1. The zero-order chi connectivity index (χ0) is 18.1. The molecule has 0 bridgehead atoms. The van der Waals surface area contributed by atoms with Gasteiger partial charge in [0.25, 0.3) is 0 Å². The van der Waals surface area contributed by atoms with Crippen molar-refractivity contribution in [2.24, 2.45) is 0 Å². The first-order chi connectivity index (χ1) is 12.7. The average molecular weight is 356 g/mol. The van der Waals surface area contributed by atoms with E-state index in [-0.39, 0.29) is 17.8 Å². The molecule has 1 aliphatic rings. The molecule has 1 aliphatic carbocycles. The van der Waals surface area contributed by atoms with Crippen molar-refractivity contribution in [3.05, 3.63) is 35.0 Å². The van der Waals surface area contributed by atoms with E-state index in [0.717, 1.165) is 12.8 Å². The van der Waals surface area contributed by atoms with Crippen LogP contribution >= 0.6 is 0 Å².